The molecule has 0 fully saturated rings. The molecule has 0 saturated heterocycles. The number of carbonyl (C=O) groups excluding carboxylic acids is 1. The standard InChI is InChI=1S/C24H42N2O/c1-2-3-4-5-6-7-8-9-10-11-12-13-14-15-16-20-24(27)22-18-17-19-23(21-22)26-25/h17-19,21,26H,2-16,20,25H2,1H3. The molecule has 0 amide bonds. The Labute approximate surface area is 167 Å². The van der Waals surface area contributed by atoms with Crippen molar-refractivity contribution in [2.45, 2.75) is 110 Å². The van der Waals surface area contributed by atoms with E-state index in [1.165, 1.54) is 89.9 Å². The average molecular weight is 375 g/mol. The zero-order valence-corrected chi connectivity index (χ0v) is 17.6. The van der Waals surface area contributed by atoms with Crippen molar-refractivity contribution in [2.75, 3.05) is 5.43 Å². The van der Waals surface area contributed by atoms with Gasteiger partial charge >= 0.3 is 0 Å². The lowest BCUT2D eigenvalue weighted by molar-refractivity contribution is 0.0979. The molecule has 1 aromatic rings. The molecule has 0 bridgehead atoms. The number of nitrogens with one attached hydrogen (secondary N) is 1. The number of hydrogen-bond acceptors (Lipinski definition) is 3. The first-order valence-electron chi connectivity index (χ1n) is 11.4. The van der Waals surface area contributed by atoms with Gasteiger partial charge in [0.1, 0.15) is 0 Å². The SMILES string of the molecule is CCCCCCCCCCCCCCCCCC(=O)c1cccc(NN)c1. The van der Waals surface area contributed by atoms with Crippen LogP contribution < -0.4 is 11.3 Å². The summed E-state index contributed by atoms with van der Waals surface area (Å²) in [5, 5.41) is 0. The summed E-state index contributed by atoms with van der Waals surface area (Å²) in [5.41, 5.74) is 4.14. The Hall–Kier alpha value is -1.35. The number of rotatable bonds is 18. The molecule has 1 aromatic carbocycles. The minimum atomic E-state index is 0.224. The number of anilines is 1. The summed E-state index contributed by atoms with van der Waals surface area (Å²) in [6.45, 7) is 2.28. The Morgan fingerprint density at radius 1 is 0.778 bits per heavy atom. The van der Waals surface area contributed by atoms with Gasteiger partial charge in [-0.15, -0.1) is 0 Å². The highest BCUT2D eigenvalue weighted by atomic mass is 16.1. The topological polar surface area (TPSA) is 55.1 Å². The number of unbranched alkanes of at least 4 members (excludes halogenated alkanes) is 14. The number of ketones is 1. The van der Waals surface area contributed by atoms with Crippen molar-refractivity contribution < 1.29 is 4.79 Å². The van der Waals surface area contributed by atoms with Crippen molar-refractivity contribution in [3.05, 3.63) is 29.8 Å². The van der Waals surface area contributed by atoms with Crippen molar-refractivity contribution in [3.8, 4) is 0 Å². The van der Waals surface area contributed by atoms with Crippen LogP contribution in [-0.4, -0.2) is 5.78 Å². The first-order chi connectivity index (χ1) is 13.3. The summed E-state index contributed by atoms with van der Waals surface area (Å²) in [6.07, 6.45) is 20.9. The van der Waals surface area contributed by atoms with Crippen LogP contribution in [0, 0.1) is 0 Å². The number of nitrogens with two attached hydrogens (primary N) is 1. The molecule has 0 radical (unpaired) electrons. The van der Waals surface area contributed by atoms with Crippen LogP contribution in [0.1, 0.15) is 120 Å². The van der Waals surface area contributed by atoms with Crippen molar-refractivity contribution in [1.29, 1.82) is 0 Å². The third-order valence-electron chi connectivity index (χ3n) is 5.36. The van der Waals surface area contributed by atoms with E-state index in [9.17, 15) is 4.79 Å². The molecule has 0 saturated carbocycles. The van der Waals surface area contributed by atoms with Gasteiger partial charge in [-0.3, -0.25) is 10.6 Å². The van der Waals surface area contributed by atoms with E-state index in [-0.39, 0.29) is 5.78 Å². The third-order valence-corrected chi connectivity index (χ3v) is 5.36. The maximum atomic E-state index is 12.2. The van der Waals surface area contributed by atoms with Crippen molar-refractivity contribution in [3.63, 3.8) is 0 Å². The number of nitrogen functional groups attached to an aromatic ring is 1. The number of benzene rings is 1. The van der Waals surface area contributed by atoms with E-state index < -0.39 is 0 Å². The predicted octanol–water partition coefficient (Wildman–Crippen LogP) is 7.42. The fourth-order valence-electron chi connectivity index (χ4n) is 3.58. The minimum Gasteiger partial charge on any atom is -0.324 e. The highest BCUT2D eigenvalue weighted by Gasteiger charge is 2.06. The smallest absolute Gasteiger partial charge is 0.162 e. The maximum Gasteiger partial charge on any atom is 0.162 e. The van der Waals surface area contributed by atoms with Crippen molar-refractivity contribution in [2.24, 2.45) is 5.84 Å². The second-order valence-corrected chi connectivity index (χ2v) is 7.85. The minimum absolute atomic E-state index is 0.224. The lowest BCUT2D eigenvalue weighted by Gasteiger charge is -2.05. The molecule has 0 heterocycles. The zero-order valence-electron chi connectivity index (χ0n) is 17.6. The van der Waals surface area contributed by atoms with E-state index in [2.05, 4.69) is 12.3 Å². The Balaban J connectivity index is 1.87. The summed E-state index contributed by atoms with van der Waals surface area (Å²) in [7, 11) is 0. The zero-order chi connectivity index (χ0) is 19.6. The highest BCUT2D eigenvalue weighted by Crippen LogP contribution is 2.16. The monoisotopic (exact) mass is 374 g/mol. The molecule has 0 atom stereocenters. The number of carbonyl (C=O) groups is 1. The van der Waals surface area contributed by atoms with Gasteiger partial charge in [-0.25, -0.2) is 0 Å². The third kappa shape index (κ3) is 12.6. The Kier molecular flexibility index (Phi) is 14.7. The van der Waals surface area contributed by atoms with Gasteiger partial charge in [-0.2, -0.15) is 0 Å². The van der Waals surface area contributed by atoms with Crippen LogP contribution in [0.15, 0.2) is 24.3 Å². The Morgan fingerprint density at radius 3 is 1.74 bits per heavy atom. The molecule has 0 aliphatic rings. The van der Waals surface area contributed by atoms with Gasteiger partial charge in [0.25, 0.3) is 0 Å². The molecule has 27 heavy (non-hydrogen) atoms. The number of hydrogen-bond donors (Lipinski definition) is 2. The van der Waals surface area contributed by atoms with Gasteiger partial charge in [0.2, 0.25) is 0 Å². The Bertz CT molecular complexity index is 487. The van der Waals surface area contributed by atoms with Gasteiger partial charge in [0, 0.05) is 17.7 Å². The molecule has 0 unspecified atom stereocenters. The lowest BCUT2D eigenvalue weighted by atomic mass is 10.0. The summed E-state index contributed by atoms with van der Waals surface area (Å²) < 4.78 is 0. The fourth-order valence-corrected chi connectivity index (χ4v) is 3.58. The molecule has 3 nitrogen and oxygen atoms in total. The second kappa shape index (κ2) is 16.8. The van der Waals surface area contributed by atoms with E-state index in [1.54, 1.807) is 0 Å². The van der Waals surface area contributed by atoms with Crippen LogP contribution in [0.2, 0.25) is 0 Å². The van der Waals surface area contributed by atoms with E-state index in [0.29, 0.717) is 6.42 Å². The molecular weight excluding hydrogens is 332 g/mol. The van der Waals surface area contributed by atoms with E-state index in [0.717, 1.165) is 17.7 Å². The van der Waals surface area contributed by atoms with Crippen LogP contribution in [0.4, 0.5) is 5.69 Å². The van der Waals surface area contributed by atoms with Crippen molar-refractivity contribution >= 4 is 11.5 Å². The average Bonchev–Trinajstić information content (AvgIpc) is 2.70. The molecule has 154 valence electrons. The van der Waals surface area contributed by atoms with Gasteiger partial charge in [-0.05, 0) is 18.6 Å². The van der Waals surface area contributed by atoms with Gasteiger partial charge in [-0.1, -0.05) is 109 Å². The molecule has 1 rings (SSSR count). The van der Waals surface area contributed by atoms with Crippen LogP contribution in [0.25, 0.3) is 0 Å². The first kappa shape index (κ1) is 23.7. The van der Waals surface area contributed by atoms with E-state index in [4.69, 9.17) is 5.84 Å². The van der Waals surface area contributed by atoms with Crippen LogP contribution >= 0.6 is 0 Å². The Morgan fingerprint density at radius 2 is 1.26 bits per heavy atom. The maximum absolute atomic E-state index is 12.2. The molecule has 3 heteroatoms. The second-order valence-electron chi connectivity index (χ2n) is 7.85. The highest BCUT2D eigenvalue weighted by molar-refractivity contribution is 5.96. The quantitative estimate of drug-likeness (QED) is 0.122. The fraction of sp³-hybridized carbons (Fsp3) is 0.708. The van der Waals surface area contributed by atoms with Crippen LogP contribution in [0.3, 0.4) is 0 Å². The molecule has 0 aliphatic carbocycles. The summed E-state index contributed by atoms with van der Waals surface area (Å²) >= 11 is 0. The molecule has 0 aromatic heterocycles. The van der Waals surface area contributed by atoms with Crippen LogP contribution in [0.5, 0.6) is 0 Å². The summed E-state index contributed by atoms with van der Waals surface area (Å²) in [6, 6.07) is 7.43. The van der Waals surface area contributed by atoms with Gasteiger partial charge < -0.3 is 5.43 Å². The van der Waals surface area contributed by atoms with E-state index in [1.807, 2.05) is 24.3 Å². The van der Waals surface area contributed by atoms with E-state index >= 15 is 0 Å². The molecule has 0 aliphatic heterocycles. The van der Waals surface area contributed by atoms with Crippen LogP contribution in [-0.2, 0) is 0 Å². The lowest BCUT2D eigenvalue weighted by Crippen LogP contribution is -2.08. The largest absolute Gasteiger partial charge is 0.324 e. The predicted molar refractivity (Wildman–Crippen MR) is 118 cm³/mol. The summed E-state index contributed by atoms with van der Waals surface area (Å²) in [5.74, 6) is 5.62. The van der Waals surface area contributed by atoms with Gasteiger partial charge in [0.15, 0.2) is 5.78 Å². The van der Waals surface area contributed by atoms with Crippen molar-refractivity contribution in [1.82, 2.24) is 0 Å². The molecule has 3 N–H and O–H groups in total. The normalized spacial score (nSPS) is 10.9. The molecular formula is C24H42N2O. The first-order valence-corrected chi connectivity index (χ1v) is 11.4. The number of hydrazine groups is 1. The summed E-state index contributed by atoms with van der Waals surface area (Å²) in [4.78, 5) is 12.2. The van der Waals surface area contributed by atoms with Gasteiger partial charge in [0.05, 0.1) is 0 Å². The number of Topliss-reactive ketones (excluding diaryl/α,β-unsaturated/α-hetero) is 1. The molecule has 0 spiro atoms.